The lowest BCUT2D eigenvalue weighted by molar-refractivity contribution is -0.199. The summed E-state index contributed by atoms with van der Waals surface area (Å²) in [6, 6.07) is -0.363. The van der Waals surface area contributed by atoms with Crippen molar-refractivity contribution in [2.24, 2.45) is 17.7 Å². The molecule has 1 saturated carbocycles. The van der Waals surface area contributed by atoms with Crippen LogP contribution in [0.4, 0.5) is 13.2 Å². The summed E-state index contributed by atoms with van der Waals surface area (Å²) in [5, 5.41) is 2.65. The summed E-state index contributed by atoms with van der Waals surface area (Å²) in [5.74, 6) is 3.78. The standard InChI is InChI=1S/C12H18F3N3S/c13-12(14,15)9-4-2-1-3-8(9)10(18-16)7-11-17-5-6-19-11/h5-6,8-10,18H,1-4,7,16H2. The van der Waals surface area contributed by atoms with Crippen molar-refractivity contribution >= 4 is 11.3 Å². The van der Waals surface area contributed by atoms with Crippen LogP contribution in [0.3, 0.4) is 0 Å². The topological polar surface area (TPSA) is 50.9 Å². The fourth-order valence-corrected chi connectivity index (χ4v) is 3.60. The van der Waals surface area contributed by atoms with Gasteiger partial charge in [0, 0.05) is 24.0 Å². The molecule has 1 aliphatic carbocycles. The Morgan fingerprint density at radius 1 is 1.42 bits per heavy atom. The first-order valence-electron chi connectivity index (χ1n) is 6.43. The molecule has 3 atom stereocenters. The average Bonchev–Trinajstić information content (AvgIpc) is 2.88. The third-order valence-corrected chi connectivity index (χ3v) is 4.65. The van der Waals surface area contributed by atoms with Crippen LogP contribution in [0.25, 0.3) is 0 Å². The molecule has 0 bridgehead atoms. The second kappa shape index (κ2) is 6.19. The van der Waals surface area contributed by atoms with Crippen LogP contribution in [0.1, 0.15) is 30.7 Å². The van der Waals surface area contributed by atoms with Gasteiger partial charge in [0.2, 0.25) is 0 Å². The van der Waals surface area contributed by atoms with E-state index in [1.54, 1.807) is 6.20 Å². The number of thiazole rings is 1. The summed E-state index contributed by atoms with van der Waals surface area (Å²) >= 11 is 1.45. The molecule has 1 fully saturated rings. The van der Waals surface area contributed by atoms with Gasteiger partial charge < -0.3 is 0 Å². The average molecular weight is 293 g/mol. The fourth-order valence-electron chi connectivity index (χ4n) is 2.92. The van der Waals surface area contributed by atoms with Crippen molar-refractivity contribution in [1.29, 1.82) is 0 Å². The Morgan fingerprint density at radius 2 is 2.16 bits per heavy atom. The van der Waals surface area contributed by atoms with E-state index < -0.39 is 18.0 Å². The summed E-state index contributed by atoms with van der Waals surface area (Å²) in [7, 11) is 0. The third-order valence-electron chi connectivity index (χ3n) is 3.85. The van der Waals surface area contributed by atoms with Gasteiger partial charge in [-0.2, -0.15) is 13.2 Å². The van der Waals surface area contributed by atoms with E-state index in [9.17, 15) is 13.2 Å². The number of nitrogens with two attached hydrogens (primary N) is 1. The maximum absolute atomic E-state index is 13.1. The summed E-state index contributed by atoms with van der Waals surface area (Å²) < 4.78 is 39.3. The van der Waals surface area contributed by atoms with Gasteiger partial charge in [0.05, 0.1) is 10.9 Å². The normalized spacial score (nSPS) is 26.3. The zero-order chi connectivity index (χ0) is 13.9. The number of aromatic nitrogens is 1. The maximum atomic E-state index is 13.1. The molecule has 3 nitrogen and oxygen atoms in total. The molecular formula is C12H18F3N3S. The molecular weight excluding hydrogens is 275 g/mol. The van der Waals surface area contributed by atoms with Crippen LogP contribution < -0.4 is 11.3 Å². The Hall–Kier alpha value is -0.660. The van der Waals surface area contributed by atoms with Crippen LogP contribution in [0, 0.1) is 11.8 Å². The number of hydrogen-bond acceptors (Lipinski definition) is 4. The van der Waals surface area contributed by atoms with Crippen LogP contribution in [-0.2, 0) is 6.42 Å². The van der Waals surface area contributed by atoms with Gasteiger partial charge in [-0.05, 0) is 18.8 Å². The van der Waals surface area contributed by atoms with Gasteiger partial charge in [-0.3, -0.25) is 11.3 Å². The van der Waals surface area contributed by atoms with Gasteiger partial charge in [-0.25, -0.2) is 4.98 Å². The van der Waals surface area contributed by atoms with Crippen LogP contribution >= 0.6 is 11.3 Å². The van der Waals surface area contributed by atoms with Crippen LogP contribution in [0.5, 0.6) is 0 Å². The summed E-state index contributed by atoms with van der Waals surface area (Å²) in [4.78, 5) is 4.13. The quantitative estimate of drug-likeness (QED) is 0.663. The van der Waals surface area contributed by atoms with Gasteiger partial charge in [0.1, 0.15) is 0 Å². The lowest BCUT2D eigenvalue weighted by atomic mass is 9.74. The van der Waals surface area contributed by atoms with Crippen LogP contribution in [-0.4, -0.2) is 17.2 Å². The molecule has 1 heterocycles. The van der Waals surface area contributed by atoms with Gasteiger partial charge in [0.15, 0.2) is 0 Å². The Kier molecular flexibility index (Phi) is 4.81. The minimum absolute atomic E-state index is 0.213. The highest BCUT2D eigenvalue weighted by Gasteiger charge is 2.47. The number of nitrogens with zero attached hydrogens (tertiary/aromatic N) is 1. The lowest BCUT2D eigenvalue weighted by Crippen LogP contribution is -2.49. The van der Waals surface area contributed by atoms with Crippen molar-refractivity contribution in [2.75, 3.05) is 0 Å². The van der Waals surface area contributed by atoms with Crippen molar-refractivity contribution in [1.82, 2.24) is 10.4 Å². The molecule has 0 spiro atoms. The van der Waals surface area contributed by atoms with E-state index >= 15 is 0 Å². The number of hydrogen-bond donors (Lipinski definition) is 2. The molecule has 1 aromatic heterocycles. The smallest absolute Gasteiger partial charge is 0.271 e. The van der Waals surface area contributed by atoms with E-state index in [4.69, 9.17) is 5.84 Å². The fraction of sp³-hybridized carbons (Fsp3) is 0.750. The highest BCUT2D eigenvalue weighted by molar-refractivity contribution is 7.09. The van der Waals surface area contributed by atoms with Crippen molar-refractivity contribution in [3.63, 3.8) is 0 Å². The zero-order valence-electron chi connectivity index (χ0n) is 10.5. The molecule has 0 aromatic carbocycles. The Bertz CT molecular complexity index is 380. The molecule has 3 unspecified atom stereocenters. The molecule has 0 aliphatic heterocycles. The van der Waals surface area contributed by atoms with E-state index in [0.717, 1.165) is 11.4 Å². The summed E-state index contributed by atoms with van der Waals surface area (Å²) in [6.07, 6.45) is 0.265. The molecule has 1 aliphatic rings. The number of nitrogens with one attached hydrogen (secondary N) is 1. The molecule has 3 N–H and O–H groups in total. The van der Waals surface area contributed by atoms with Crippen molar-refractivity contribution < 1.29 is 13.2 Å². The van der Waals surface area contributed by atoms with E-state index in [0.29, 0.717) is 19.3 Å². The van der Waals surface area contributed by atoms with Crippen LogP contribution in [0.15, 0.2) is 11.6 Å². The van der Waals surface area contributed by atoms with Gasteiger partial charge in [-0.1, -0.05) is 12.8 Å². The Morgan fingerprint density at radius 3 is 2.74 bits per heavy atom. The second-order valence-electron chi connectivity index (χ2n) is 5.00. The summed E-state index contributed by atoms with van der Waals surface area (Å²) in [5.41, 5.74) is 2.58. The van der Waals surface area contributed by atoms with Crippen LogP contribution in [0.2, 0.25) is 0 Å². The third kappa shape index (κ3) is 3.67. The van der Waals surface area contributed by atoms with Gasteiger partial charge >= 0.3 is 6.18 Å². The van der Waals surface area contributed by atoms with Crippen molar-refractivity contribution in [3.8, 4) is 0 Å². The monoisotopic (exact) mass is 293 g/mol. The molecule has 108 valence electrons. The predicted octanol–water partition coefficient (Wildman–Crippen LogP) is 2.89. The van der Waals surface area contributed by atoms with E-state index in [-0.39, 0.29) is 12.5 Å². The van der Waals surface area contributed by atoms with E-state index in [1.165, 1.54) is 11.3 Å². The first kappa shape index (κ1) is 14.7. The van der Waals surface area contributed by atoms with Crippen molar-refractivity contribution in [2.45, 2.75) is 44.3 Å². The largest absolute Gasteiger partial charge is 0.392 e. The minimum atomic E-state index is -4.14. The number of rotatable bonds is 4. The predicted molar refractivity (Wildman–Crippen MR) is 68.4 cm³/mol. The summed E-state index contributed by atoms with van der Waals surface area (Å²) in [6.45, 7) is 0. The van der Waals surface area contributed by atoms with E-state index in [2.05, 4.69) is 10.4 Å². The Labute approximate surface area is 114 Å². The Balaban J connectivity index is 2.10. The van der Waals surface area contributed by atoms with E-state index in [1.807, 2.05) is 5.38 Å². The number of halogens is 3. The zero-order valence-corrected chi connectivity index (χ0v) is 11.3. The highest BCUT2D eigenvalue weighted by Crippen LogP contribution is 2.43. The van der Waals surface area contributed by atoms with Gasteiger partial charge in [0.25, 0.3) is 0 Å². The molecule has 19 heavy (non-hydrogen) atoms. The minimum Gasteiger partial charge on any atom is -0.271 e. The van der Waals surface area contributed by atoms with Gasteiger partial charge in [-0.15, -0.1) is 11.3 Å². The molecule has 2 rings (SSSR count). The molecule has 7 heteroatoms. The maximum Gasteiger partial charge on any atom is 0.392 e. The lowest BCUT2D eigenvalue weighted by Gasteiger charge is -2.37. The first-order valence-corrected chi connectivity index (χ1v) is 7.31. The second-order valence-corrected chi connectivity index (χ2v) is 5.98. The number of alkyl halides is 3. The highest BCUT2D eigenvalue weighted by atomic mass is 32.1. The SMILES string of the molecule is NNC(Cc1nccs1)C1CCCCC1C(F)(F)F. The first-order chi connectivity index (χ1) is 9.02. The molecule has 0 saturated heterocycles. The molecule has 0 radical (unpaired) electrons. The van der Waals surface area contributed by atoms with Crippen molar-refractivity contribution in [3.05, 3.63) is 16.6 Å². The number of hydrazine groups is 1. The molecule has 1 aromatic rings. The molecule has 0 amide bonds.